The number of aliphatic imine (C=N–C) groups is 1. The van der Waals surface area contributed by atoms with Gasteiger partial charge in [-0.1, -0.05) is 30.3 Å². The number of aromatic nitrogens is 3. The van der Waals surface area contributed by atoms with Crippen molar-refractivity contribution < 1.29 is 19.7 Å². The number of hydrogen-bond acceptors (Lipinski definition) is 7. The molecule has 0 fully saturated rings. The largest absolute Gasteiger partial charge is 0.496 e. The third-order valence-electron chi connectivity index (χ3n) is 6.78. The summed E-state index contributed by atoms with van der Waals surface area (Å²) in [7, 11) is 1.63. The summed E-state index contributed by atoms with van der Waals surface area (Å²) in [4.78, 5) is 17.9. The molecule has 0 amide bonds. The maximum absolute atomic E-state index is 11.8. The minimum absolute atomic E-state index is 0.185. The lowest BCUT2D eigenvalue weighted by molar-refractivity contribution is -0.137. The number of ether oxygens (including phenoxy) is 1. The maximum atomic E-state index is 11.8. The van der Waals surface area contributed by atoms with Gasteiger partial charge in [-0.15, -0.1) is 21.5 Å². The van der Waals surface area contributed by atoms with Gasteiger partial charge < -0.3 is 14.9 Å². The number of aryl methyl sites for hydroxylation is 2. The molecular formula is C28H28N4O4S. The first-order valence-electron chi connectivity index (χ1n) is 12.0. The number of rotatable bonds is 6. The van der Waals surface area contributed by atoms with Gasteiger partial charge in [0, 0.05) is 21.6 Å². The standard InChI is InChI=1S/C28H28N4O4S/c1-14-16(3)37-28-25(14)26(29-22(13-24(34)35)27-31-30-17(4)32(27)28)19-8-6-18(7-9-19)21-12-20(15(2)33)10-11-23(21)36-5/h6-12,15,22,33H,13H2,1-5H3,(H,34,35). The van der Waals surface area contributed by atoms with Gasteiger partial charge in [-0.25, -0.2) is 0 Å². The first-order valence-corrected chi connectivity index (χ1v) is 12.8. The van der Waals surface area contributed by atoms with Crippen molar-refractivity contribution in [2.45, 2.75) is 46.3 Å². The second-order valence-electron chi connectivity index (χ2n) is 9.21. The van der Waals surface area contributed by atoms with Crippen LogP contribution in [-0.4, -0.2) is 43.8 Å². The zero-order valence-electron chi connectivity index (χ0n) is 21.3. The second kappa shape index (κ2) is 9.57. The minimum Gasteiger partial charge on any atom is -0.496 e. The molecule has 3 heterocycles. The number of methoxy groups -OCH3 is 1. The first-order chi connectivity index (χ1) is 17.7. The number of aliphatic carboxylic acids is 1. The van der Waals surface area contributed by atoms with E-state index in [0.717, 1.165) is 49.0 Å². The van der Waals surface area contributed by atoms with Crippen LogP contribution in [0.4, 0.5) is 0 Å². The number of fused-ring (bicyclic) bond motifs is 3. The van der Waals surface area contributed by atoms with Crippen molar-refractivity contribution in [3.05, 3.63) is 81.2 Å². The van der Waals surface area contributed by atoms with E-state index < -0.39 is 18.1 Å². The van der Waals surface area contributed by atoms with Gasteiger partial charge in [0.25, 0.3) is 0 Å². The SMILES string of the molecule is COc1ccc(C(C)O)cc1-c1ccc(C2=NC(CC(=O)O)c3nnc(C)n3-c3sc(C)c(C)c32)cc1. The summed E-state index contributed by atoms with van der Waals surface area (Å²) in [6.07, 6.45) is -0.779. The molecule has 2 unspecified atom stereocenters. The molecule has 37 heavy (non-hydrogen) atoms. The number of benzene rings is 2. The molecule has 0 radical (unpaired) electrons. The highest BCUT2D eigenvalue weighted by atomic mass is 32.1. The summed E-state index contributed by atoms with van der Waals surface area (Å²) in [5, 5.41) is 29.2. The molecule has 5 rings (SSSR count). The number of thiophene rings is 1. The minimum atomic E-state index is -0.945. The fraction of sp³-hybridized carbons (Fsp3) is 0.286. The Hall–Kier alpha value is -3.82. The molecule has 8 nitrogen and oxygen atoms in total. The van der Waals surface area contributed by atoms with Gasteiger partial charge in [0.05, 0.1) is 25.3 Å². The summed E-state index contributed by atoms with van der Waals surface area (Å²) < 4.78 is 7.53. The summed E-state index contributed by atoms with van der Waals surface area (Å²) in [5.74, 6) is 1.00. The lowest BCUT2D eigenvalue weighted by atomic mass is 9.95. The van der Waals surface area contributed by atoms with Crippen molar-refractivity contribution in [1.29, 1.82) is 0 Å². The van der Waals surface area contributed by atoms with Crippen molar-refractivity contribution in [2.75, 3.05) is 7.11 Å². The van der Waals surface area contributed by atoms with Crippen molar-refractivity contribution in [3.8, 4) is 21.9 Å². The topological polar surface area (TPSA) is 110 Å². The van der Waals surface area contributed by atoms with Crippen LogP contribution in [0.25, 0.3) is 16.1 Å². The van der Waals surface area contributed by atoms with E-state index in [0.29, 0.717) is 17.4 Å². The number of nitrogens with zero attached hydrogens (tertiary/aromatic N) is 4. The Balaban J connectivity index is 1.66. The lowest BCUT2D eigenvalue weighted by Crippen LogP contribution is -2.10. The molecule has 2 N–H and O–H groups in total. The Labute approximate surface area is 218 Å². The molecule has 0 saturated carbocycles. The number of carboxylic acids is 1. The lowest BCUT2D eigenvalue weighted by Gasteiger charge is -2.14. The maximum Gasteiger partial charge on any atom is 0.306 e. The number of carbonyl (C=O) groups is 1. The Bertz CT molecular complexity index is 1530. The van der Waals surface area contributed by atoms with Crippen LogP contribution < -0.4 is 4.74 Å². The van der Waals surface area contributed by atoms with Crippen LogP contribution in [0.1, 0.15) is 64.3 Å². The summed E-state index contributed by atoms with van der Waals surface area (Å²) in [6.45, 7) is 7.75. The fourth-order valence-corrected chi connectivity index (χ4v) is 5.92. The van der Waals surface area contributed by atoms with E-state index in [4.69, 9.17) is 9.73 Å². The highest BCUT2D eigenvalue weighted by molar-refractivity contribution is 7.15. The van der Waals surface area contributed by atoms with Crippen molar-refractivity contribution >= 4 is 23.0 Å². The first kappa shape index (κ1) is 24.9. The zero-order chi connectivity index (χ0) is 26.4. The zero-order valence-corrected chi connectivity index (χ0v) is 22.1. The van der Waals surface area contributed by atoms with Gasteiger partial charge in [-0.3, -0.25) is 14.4 Å². The molecule has 190 valence electrons. The third-order valence-corrected chi connectivity index (χ3v) is 7.98. The molecule has 0 saturated heterocycles. The highest BCUT2D eigenvalue weighted by Gasteiger charge is 2.32. The summed E-state index contributed by atoms with van der Waals surface area (Å²) >= 11 is 1.63. The molecule has 2 aromatic heterocycles. The van der Waals surface area contributed by atoms with Gasteiger partial charge >= 0.3 is 5.97 Å². The normalized spacial score (nSPS) is 15.4. The predicted octanol–water partition coefficient (Wildman–Crippen LogP) is 5.35. The van der Waals surface area contributed by atoms with Crippen LogP contribution in [0.5, 0.6) is 5.75 Å². The van der Waals surface area contributed by atoms with E-state index in [2.05, 4.69) is 24.0 Å². The van der Waals surface area contributed by atoms with Gasteiger partial charge in [0.15, 0.2) is 5.82 Å². The van der Waals surface area contributed by atoms with E-state index in [1.165, 1.54) is 0 Å². The van der Waals surface area contributed by atoms with Gasteiger partial charge in [0.1, 0.15) is 22.6 Å². The molecule has 1 aliphatic heterocycles. The highest BCUT2D eigenvalue weighted by Crippen LogP contribution is 2.40. The van der Waals surface area contributed by atoms with Crippen LogP contribution in [0.2, 0.25) is 0 Å². The average Bonchev–Trinajstić information content (AvgIpc) is 3.35. The van der Waals surface area contributed by atoms with Crippen LogP contribution in [0.15, 0.2) is 47.5 Å². The predicted molar refractivity (Wildman–Crippen MR) is 143 cm³/mol. The molecule has 0 aliphatic carbocycles. The Morgan fingerprint density at radius 1 is 1.11 bits per heavy atom. The van der Waals surface area contributed by atoms with Gasteiger partial charge in [0.2, 0.25) is 0 Å². The van der Waals surface area contributed by atoms with E-state index in [9.17, 15) is 15.0 Å². The van der Waals surface area contributed by atoms with Crippen LogP contribution >= 0.6 is 11.3 Å². The quantitative estimate of drug-likeness (QED) is 0.358. The Morgan fingerprint density at radius 2 is 1.81 bits per heavy atom. The molecule has 1 aliphatic rings. The van der Waals surface area contributed by atoms with E-state index in [1.54, 1.807) is 25.4 Å². The van der Waals surface area contributed by atoms with Crippen molar-refractivity contribution in [2.24, 2.45) is 4.99 Å². The van der Waals surface area contributed by atoms with E-state index >= 15 is 0 Å². The average molecular weight is 517 g/mol. The van der Waals surface area contributed by atoms with Crippen molar-refractivity contribution in [3.63, 3.8) is 0 Å². The van der Waals surface area contributed by atoms with Crippen LogP contribution in [0.3, 0.4) is 0 Å². The summed E-state index contributed by atoms with van der Waals surface area (Å²) in [6, 6.07) is 13.0. The smallest absolute Gasteiger partial charge is 0.306 e. The van der Waals surface area contributed by atoms with E-state index in [1.807, 2.05) is 54.0 Å². The van der Waals surface area contributed by atoms with Crippen LogP contribution in [0, 0.1) is 20.8 Å². The third kappa shape index (κ3) is 4.34. The summed E-state index contributed by atoms with van der Waals surface area (Å²) in [5.41, 5.74) is 6.31. The second-order valence-corrected chi connectivity index (χ2v) is 10.4. The van der Waals surface area contributed by atoms with Gasteiger partial charge in [-0.05, 0) is 56.5 Å². The van der Waals surface area contributed by atoms with Crippen molar-refractivity contribution in [1.82, 2.24) is 14.8 Å². The number of carboxylic acid groups (broad SMARTS) is 1. The van der Waals surface area contributed by atoms with E-state index in [-0.39, 0.29) is 6.42 Å². The van der Waals surface area contributed by atoms with Gasteiger partial charge in [-0.2, -0.15) is 0 Å². The fourth-order valence-electron chi connectivity index (χ4n) is 4.71. The molecule has 2 aromatic carbocycles. The number of hydrogen-bond donors (Lipinski definition) is 2. The van der Waals surface area contributed by atoms with Crippen LogP contribution in [-0.2, 0) is 4.79 Å². The number of aliphatic hydroxyl groups excluding tert-OH is 1. The Kier molecular flexibility index (Phi) is 6.43. The molecule has 4 aromatic rings. The monoisotopic (exact) mass is 516 g/mol. The Morgan fingerprint density at radius 3 is 2.46 bits per heavy atom. The molecule has 9 heteroatoms. The molecule has 2 atom stereocenters. The molecule has 0 spiro atoms. The molecular weight excluding hydrogens is 488 g/mol. The number of aliphatic hydroxyl groups is 1. The molecule has 0 bridgehead atoms.